The lowest BCUT2D eigenvalue weighted by atomic mass is 10.1. The van der Waals surface area contributed by atoms with Crippen LogP contribution in [0, 0.1) is 12.7 Å². The first-order valence-electron chi connectivity index (χ1n) is 6.78. The lowest BCUT2D eigenvalue weighted by molar-refractivity contribution is 0.102. The fraction of sp³-hybridized carbons (Fsp3) is 0.357. The highest BCUT2D eigenvalue weighted by Gasteiger charge is 2.22. The van der Waals surface area contributed by atoms with Crippen molar-refractivity contribution in [3.05, 3.63) is 41.0 Å². The minimum atomic E-state index is -0.401. The van der Waals surface area contributed by atoms with Gasteiger partial charge in [-0.1, -0.05) is 5.10 Å². The summed E-state index contributed by atoms with van der Waals surface area (Å²) < 4.78 is 18.5. The number of hydrogen-bond acceptors (Lipinski definition) is 5. The highest BCUT2D eigenvalue weighted by Crippen LogP contribution is 2.23. The summed E-state index contributed by atoms with van der Waals surface area (Å²) in [6.45, 7) is 2.59. The summed E-state index contributed by atoms with van der Waals surface area (Å²) in [4.78, 5) is 12.1. The number of carbonyl (C=O) groups excluding carboxylic acids is 1. The predicted octanol–water partition coefficient (Wildman–Crippen LogP) is 2.19. The molecule has 2 heterocycles. The average Bonchev–Trinajstić information content (AvgIpc) is 3.08. The van der Waals surface area contributed by atoms with Gasteiger partial charge in [-0.3, -0.25) is 10.1 Å². The largest absolute Gasteiger partial charge is 0.406 e. The molecule has 1 aliphatic heterocycles. The fourth-order valence-electron chi connectivity index (χ4n) is 2.37. The second-order valence-corrected chi connectivity index (χ2v) is 5.01. The number of aryl methyl sites for hydroxylation is 1. The van der Waals surface area contributed by atoms with Crippen LogP contribution >= 0.6 is 0 Å². The van der Waals surface area contributed by atoms with Gasteiger partial charge in [0.2, 0.25) is 5.89 Å². The second kappa shape index (κ2) is 5.61. The van der Waals surface area contributed by atoms with E-state index in [0.29, 0.717) is 17.0 Å². The summed E-state index contributed by atoms with van der Waals surface area (Å²) in [6.07, 6.45) is 2.00. The minimum absolute atomic E-state index is 0.0485. The van der Waals surface area contributed by atoms with Crippen LogP contribution in [0.2, 0.25) is 0 Å². The van der Waals surface area contributed by atoms with E-state index in [1.807, 2.05) is 0 Å². The van der Waals surface area contributed by atoms with Crippen molar-refractivity contribution in [1.82, 2.24) is 15.5 Å². The highest BCUT2D eigenvalue weighted by atomic mass is 19.1. The molecule has 1 fully saturated rings. The molecule has 1 atom stereocenters. The minimum Gasteiger partial charge on any atom is -0.406 e. The van der Waals surface area contributed by atoms with Gasteiger partial charge in [0.1, 0.15) is 5.82 Å². The molecular weight excluding hydrogens is 275 g/mol. The lowest BCUT2D eigenvalue weighted by Gasteiger charge is -2.05. The molecule has 0 aliphatic carbocycles. The molecule has 1 amide bonds. The summed E-state index contributed by atoms with van der Waals surface area (Å²) in [7, 11) is 0. The van der Waals surface area contributed by atoms with E-state index in [1.165, 1.54) is 18.2 Å². The number of carbonyl (C=O) groups is 1. The molecule has 1 unspecified atom stereocenters. The Morgan fingerprint density at radius 3 is 3.05 bits per heavy atom. The van der Waals surface area contributed by atoms with E-state index in [-0.39, 0.29) is 17.9 Å². The summed E-state index contributed by atoms with van der Waals surface area (Å²) in [6, 6.07) is 4.07. The topological polar surface area (TPSA) is 80.0 Å². The first-order valence-corrected chi connectivity index (χ1v) is 6.78. The molecule has 6 nitrogen and oxygen atoms in total. The number of nitrogens with one attached hydrogen (secondary N) is 2. The first-order chi connectivity index (χ1) is 10.1. The predicted molar refractivity (Wildman–Crippen MR) is 73.4 cm³/mol. The van der Waals surface area contributed by atoms with Gasteiger partial charge in [0.25, 0.3) is 5.91 Å². The van der Waals surface area contributed by atoms with Crippen LogP contribution in [0.1, 0.15) is 40.7 Å². The maximum atomic E-state index is 13.0. The zero-order chi connectivity index (χ0) is 14.8. The highest BCUT2D eigenvalue weighted by molar-refractivity contribution is 6.04. The second-order valence-electron chi connectivity index (χ2n) is 5.01. The molecule has 21 heavy (non-hydrogen) atoms. The van der Waals surface area contributed by atoms with E-state index in [1.54, 1.807) is 6.92 Å². The van der Waals surface area contributed by atoms with Crippen LogP contribution in [-0.2, 0) is 0 Å². The Kier molecular flexibility index (Phi) is 3.66. The molecule has 1 saturated heterocycles. The summed E-state index contributed by atoms with van der Waals surface area (Å²) in [5.74, 6) is -0.308. The number of nitrogens with zero attached hydrogens (tertiary/aromatic N) is 2. The number of amides is 1. The van der Waals surface area contributed by atoms with Gasteiger partial charge in [-0.15, -0.1) is 5.10 Å². The Morgan fingerprint density at radius 1 is 1.48 bits per heavy atom. The van der Waals surface area contributed by atoms with Crippen LogP contribution in [0.4, 0.5) is 10.4 Å². The number of hydrogen-bond donors (Lipinski definition) is 2. The molecule has 0 radical (unpaired) electrons. The fourth-order valence-corrected chi connectivity index (χ4v) is 2.37. The molecule has 0 saturated carbocycles. The van der Waals surface area contributed by atoms with Gasteiger partial charge in [-0.05, 0) is 50.1 Å². The van der Waals surface area contributed by atoms with Gasteiger partial charge in [-0.25, -0.2) is 4.39 Å². The summed E-state index contributed by atoms with van der Waals surface area (Å²) in [5.41, 5.74) is 0.917. The van der Waals surface area contributed by atoms with Gasteiger partial charge in [0.15, 0.2) is 0 Å². The van der Waals surface area contributed by atoms with E-state index in [4.69, 9.17) is 4.42 Å². The molecule has 2 aromatic rings. The average molecular weight is 290 g/mol. The van der Waals surface area contributed by atoms with Crippen molar-refractivity contribution in [3.63, 3.8) is 0 Å². The van der Waals surface area contributed by atoms with Crippen molar-refractivity contribution in [2.75, 3.05) is 11.9 Å². The molecule has 1 aromatic heterocycles. The van der Waals surface area contributed by atoms with Crippen molar-refractivity contribution < 1.29 is 13.6 Å². The van der Waals surface area contributed by atoms with Gasteiger partial charge in [-0.2, -0.15) is 0 Å². The third-order valence-corrected chi connectivity index (χ3v) is 3.45. The van der Waals surface area contributed by atoms with E-state index in [2.05, 4.69) is 20.8 Å². The first kappa shape index (κ1) is 13.7. The number of aromatic nitrogens is 2. The molecular formula is C14H15FN4O2. The number of rotatable bonds is 3. The number of benzene rings is 1. The van der Waals surface area contributed by atoms with Gasteiger partial charge in [0.05, 0.1) is 6.04 Å². The molecule has 0 spiro atoms. The van der Waals surface area contributed by atoms with E-state index >= 15 is 0 Å². The zero-order valence-electron chi connectivity index (χ0n) is 11.5. The van der Waals surface area contributed by atoms with Crippen LogP contribution < -0.4 is 10.6 Å². The Bertz CT molecular complexity index is 665. The Hall–Kier alpha value is -2.28. The Balaban J connectivity index is 1.72. The van der Waals surface area contributed by atoms with Gasteiger partial charge < -0.3 is 9.73 Å². The van der Waals surface area contributed by atoms with Crippen LogP contribution in [0.3, 0.4) is 0 Å². The maximum absolute atomic E-state index is 13.0. The molecule has 0 bridgehead atoms. The Morgan fingerprint density at radius 2 is 2.33 bits per heavy atom. The number of anilines is 1. The van der Waals surface area contributed by atoms with Crippen LogP contribution in [0.5, 0.6) is 0 Å². The van der Waals surface area contributed by atoms with Crippen molar-refractivity contribution in [1.29, 1.82) is 0 Å². The van der Waals surface area contributed by atoms with Crippen LogP contribution in [0.25, 0.3) is 0 Å². The monoisotopic (exact) mass is 290 g/mol. The molecule has 3 rings (SSSR count). The molecule has 110 valence electrons. The molecule has 7 heteroatoms. The van der Waals surface area contributed by atoms with Crippen LogP contribution in [0.15, 0.2) is 22.6 Å². The maximum Gasteiger partial charge on any atom is 0.322 e. The summed E-state index contributed by atoms with van der Waals surface area (Å²) in [5, 5.41) is 13.5. The zero-order valence-corrected chi connectivity index (χ0v) is 11.5. The smallest absolute Gasteiger partial charge is 0.322 e. The standard InChI is InChI=1S/C14H15FN4O2/c1-8-7-9(15)4-5-10(8)12(20)17-14-19-18-13(21-14)11-3-2-6-16-11/h4-5,7,11,16H,2-3,6H2,1H3,(H,17,19,20). The molecule has 1 aromatic carbocycles. The third-order valence-electron chi connectivity index (χ3n) is 3.45. The van der Waals surface area contributed by atoms with Gasteiger partial charge >= 0.3 is 6.01 Å². The lowest BCUT2D eigenvalue weighted by Crippen LogP contribution is -2.14. The quantitative estimate of drug-likeness (QED) is 0.905. The Labute approximate surface area is 120 Å². The molecule has 1 aliphatic rings. The van der Waals surface area contributed by atoms with Gasteiger partial charge in [0, 0.05) is 5.56 Å². The third kappa shape index (κ3) is 2.92. The van der Waals surface area contributed by atoms with Crippen molar-refractivity contribution in [2.45, 2.75) is 25.8 Å². The normalized spacial score (nSPS) is 17.9. The number of halogens is 1. The summed E-state index contributed by atoms with van der Waals surface area (Å²) >= 11 is 0. The van der Waals surface area contributed by atoms with E-state index < -0.39 is 5.91 Å². The van der Waals surface area contributed by atoms with E-state index in [0.717, 1.165) is 19.4 Å². The van der Waals surface area contributed by atoms with Crippen molar-refractivity contribution in [3.8, 4) is 0 Å². The van der Waals surface area contributed by atoms with Crippen LogP contribution in [-0.4, -0.2) is 22.6 Å². The van der Waals surface area contributed by atoms with E-state index in [9.17, 15) is 9.18 Å². The molecule has 2 N–H and O–H groups in total. The van der Waals surface area contributed by atoms with Crippen molar-refractivity contribution >= 4 is 11.9 Å². The SMILES string of the molecule is Cc1cc(F)ccc1C(=O)Nc1nnc(C2CCCN2)o1. The van der Waals surface area contributed by atoms with Crippen molar-refractivity contribution in [2.24, 2.45) is 0 Å².